The van der Waals surface area contributed by atoms with E-state index in [9.17, 15) is 36.3 Å². The average Bonchev–Trinajstić information content (AvgIpc) is 3.29. The van der Waals surface area contributed by atoms with Gasteiger partial charge < -0.3 is 24.2 Å². The highest BCUT2D eigenvalue weighted by Gasteiger charge is 2.63. The predicted octanol–water partition coefficient (Wildman–Crippen LogP) is 4.03. The van der Waals surface area contributed by atoms with Gasteiger partial charge >= 0.3 is 18.2 Å². The maximum absolute atomic E-state index is 13.2. The van der Waals surface area contributed by atoms with Crippen molar-refractivity contribution in [2.75, 3.05) is 39.8 Å². The molecule has 0 radical (unpaired) electrons. The average molecular weight is 643 g/mol. The number of nitrogens with zero attached hydrogens (tertiary/aromatic N) is 3. The van der Waals surface area contributed by atoms with E-state index in [0.29, 0.717) is 48.9 Å². The zero-order chi connectivity index (χ0) is 31.0. The minimum atomic E-state index is -4.75. The summed E-state index contributed by atoms with van der Waals surface area (Å²) in [6.07, 6.45) is -3.95. The van der Waals surface area contributed by atoms with Crippen LogP contribution >= 0.6 is 11.3 Å². The molecule has 0 spiro atoms. The summed E-state index contributed by atoms with van der Waals surface area (Å²) in [4.78, 5) is 28.5. The van der Waals surface area contributed by atoms with Gasteiger partial charge in [0.1, 0.15) is 15.4 Å². The Morgan fingerprint density at radius 3 is 2.60 bits per heavy atom. The molecule has 1 aliphatic carbocycles. The molecular formula is C27H29F3N4O7S2. The first-order valence-corrected chi connectivity index (χ1v) is 15.7. The van der Waals surface area contributed by atoms with E-state index in [2.05, 4.69) is 19.3 Å². The number of hydrogen-bond donors (Lipinski definition) is 2. The molecule has 2 atom stereocenters. The fourth-order valence-corrected chi connectivity index (χ4v) is 7.62. The number of likely N-dealkylation sites (N-methyl/N-ethyl adjacent to an activating group) is 1. The molecule has 11 nitrogen and oxygen atoms in total. The molecule has 5 rings (SSSR count). The number of carboxylic acids is 1. The van der Waals surface area contributed by atoms with Crippen LogP contribution in [0.25, 0.3) is 10.6 Å². The fourth-order valence-electron chi connectivity index (χ4n) is 4.96. The Kier molecular flexibility index (Phi) is 8.57. The molecule has 1 aromatic carbocycles. The van der Waals surface area contributed by atoms with Crippen LogP contribution in [0.3, 0.4) is 0 Å². The van der Waals surface area contributed by atoms with E-state index < -0.39 is 39.4 Å². The Bertz CT molecular complexity index is 1600. The lowest BCUT2D eigenvalue weighted by Gasteiger charge is -2.31. The second-order valence-corrected chi connectivity index (χ2v) is 13.6. The van der Waals surface area contributed by atoms with Crippen molar-refractivity contribution in [1.82, 2.24) is 19.7 Å². The molecule has 2 aromatic heterocycles. The Morgan fingerprint density at radius 2 is 1.93 bits per heavy atom. The van der Waals surface area contributed by atoms with E-state index in [1.807, 2.05) is 19.2 Å². The van der Waals surface area contributed by atoms with Gasteiger partial charge in [0, 0.05) is 38.2 Å². The number of ether oxygens (including phenoxy) is 1. The van der Waals surface area contributed by atoms with Crippen molar-refractivity contribution in [3.63, 3.8) is 0 Å². The number of alkyl halides is 3. The van der Waals surface area contributed by atoms with Crippen LogP contribution in [-0.2, 0) is 32.2 Å². The van der Waals surface area contributed by atoms with E-state index >= 15 is 0 Å². The standard InChI is InChI=1S/C27H29F3N4O7S2/c1-33-9-11-34(12-10-33)25(37)40-13-3-5-17-4-2-6-18(14-17)19-16-26(19,24(35)36)32-43(38,39)23-8-7-21(42-23)20-15-22(41-31-20)27(28,29)30/h2,4,6-8,14-15,19,32H,3,5,9-13,16H2,1H3,(H,35,36)/t19?,26-/m0/s1. The van der Waals surface area contributed by atoms with Gasteiger partial charge in [-0.15, -0.1) is 11.3 Å². The van der Waals surface area contributed by atoms with E-state index in [-0.39, 0.29) is 33.9 Å². The normalized spacial score (nSPS) is 21.1. The quantitative estimate of drug-likeness (QED) is 0.314. The molecule has 1 saturated heterocycles. The number of aliphatic carboxylic acids is 1. The molecule has 1 amide bonds. The summed E-state index contributed by atoms with van der Waals surface area (Å²) in [7, 11) is -2.35. The number of aromatic nitrogens is 1. The summed E-state index contributed by atoms with van der Waals surface area (Å²) in [6, 6.07) is 10.3. The third-order valence-corrected chi connectivity index (χ3v) is 10.6. The zero-order valence-electron chi connectivity index (χ0n) is 23.0. The first-order chi connectivity index (χ1) is 20.3. The van der Waals surface area contributed by atoms with Crippen LogP contribution in [0.4, 0.5) is 18.0 Å². The summed E-state index contributed by atoms with van der Waals surface area (Å²) in [5.74, 6) is -3.30. The first-order valence-electron chi connectivity index (χ1n) is 13.4. The van der Waals surface area contributed by atoms with Crippen LogP contribution < -0.4 is 4.72 Å². The topological polar surface area (TPSA) is 142 Å². The number of carboxylic acid groups (broad SMARTS) is 1. The van der Waals surface area contributed by atoms with E-state index in [0.717, 1.165) is 18.7 Å². The van der Waals surface area contributed by atoms with Gasteiger partial charge in [-0.25, -0.2) is 13.2 Å². The first kappa shape index (κ1) is 31.0. The highest BCUT2D eigenvalue weighted by molar-refractivity contribution is 7.91. The molecule has 1 saturated carbocycles. The number of halogens is 3. The van der Waals surface area contributed by atoms with Gasteiger partial charge in [-0.3, -0.25) is 4.79 Å². The number of aryl methyl sites for hydroxylation is 1. The van der Waals surface area contributed by atoms with Gasteiger partial charge in [-0.2, -0.15) is 17.9 Å². The van der Waals surface area contributed by atoms with Gasteiger partial charge in [0.25, 0.3) is 10.0 Å². The summed E-state index contributed by atoms with van der Waals surface area (Å²) in [5, 5.41) is 13.4. The molecule has 3 heterocycles. The highest BCUT2D eigenvalue weighted by Crippen LogP contribution is 2.53. The maximum Gasteiger partial charge on any atom is 0.452 e. The van der Waals surface area contributed by atoms with Gasteiger partial charge in [-0.1, -0.05) is 29.4 Å². The van der Waals surface area contributed by atoms with Crippen LogP contribution in [0.5, 0.6) is 0 Å². The van der Waals surface area contributed by atoms with E-state index in [1.165, 1.54) is 12.1 Å². The third-order valence-electron chi connectivity index (χ3n) is 7.50. The van der Waals surface area contributed by atoms with Crippen molar-refractivity contribution in [2.45, 2.75) is 41.1 Å². The summed E-state index contributed by atoms with van der Waals surface area (Å²) in [5.41, 5.74) is -0.444. The monoisotopic (exact) mass is 642 g/mol. The number of piperazine rings is 1. The molecule has 0 bridgehead atoms. The van der Waals surface area contributed by atoms with Crippen molar-refractivity contribution in [2.24, 2.45) is 0 Å². The second-order valence-electron chi connectivity index (χ2n) is 10.6. The summed E-state index contributed by atoms with van der Waals surface area (Å²) in [6.45, 7) is 3.05. The summed E-state index contributed by atoms with van der Waals surface area (Å²) < 4.78 is 76.6. The number of nitrogens with one attached hydrogen (secondary N) is 1. The zero-order valence-corrected chi connectivity index (χ0v) is 24.6. The highest BCUT2D eigenvalue weighted by atomic mass is 32.2. The molecule has 2 fully saturated rings. The number of amides is 1. The molecule has 1 unspecified atom stereocenters. The third kappa shape index (κ3) is 6.87. The molecule has 43 heavy (non-hydrogen) atoms. The van der Waals surface area contributed by atoms with Crippen molar-refractivity contribution in [1.29, 1.82) is 0 Å². The SMILES string of the molecule is CN1CCN(C(=O)OCCCc2cccc(C3C[C@@]3(NS(=O)(=O)c3ccc(-c4cc(C(F)(F)F)on4)s3)C(=O)O)c2)CC1. The Morgan fingerprint density at radius 1 is 1.19 bits per heavy atom. The van der Waals surface area contributed by atoms with Gasteiger partial charge in [0.15, 0.2) is 0 Å². The van der Waals surface area contributed by atoms with Crippen LogP contribution in [0, 0.1) is 0 Å². The number of sulfonamides is 1. The smallest absolute Gasteiger partial charge is 0.452 e. The Balaban J connectivity index is 1.20. The molecule has 232 valence electrons. The molecule has 2 N–H and O–H groups in total. The van der Waals surface area contributed by atoms with Gasteiger partial charge in [0.2, 0.25) is 5.76 Å². The number of carbonyl (C=O) groups is 2. The number of benzene rings is 1. The molecule has 1 aliphatic heterocycles. The van der Waals surface area contributed by atoms with Crippen LogP contribution in [0.15, 0.2) is 51.2 Å². The second kappa shape index (κ2) is 11.9. The fraction of sp³-hybridized carbons (Fsp3) is 0.444. The van der Waals surface area contributed by atoms with Crippen molar-refractivity contribution in [3.05, 3.63) is 59.4 Å². The molecule has 2 aliphatic rings. The lowest BCUT2D eigenvalue weighted by molar-refractivity contribution is -0.155. The van der Waals surface area contributed by atoms with Crippen LogP contribution in [0.2, 0.25) is 0 Å². The number of rotatable bonds is 10. The largest absolute Gasteiger partial charge is 0.480 e. The van der Waals surface area contributed by atoms with Crippen molar-refractivity contribution in [3.8, 4) is 10.6 Å². The maximum atomic E-state index is 13.2. The number of thiophene rings is 1. The van der Waals surface area contributed by atoms with Crippen LogP contribution in [-0.4, -0.2) is 85.9 Å². The van der Waals surface area contributed by atoms with Crippen molar-refractivity contribution >= 4 is 33.4 Å². The van der Waals surface area contributed by atoms with Crippen molar-refractivity contribution < 1.29 is 45.5 Å². The van der Waals surface area contributed by atoms with Gasteiger partial charge in [-0.05, 0) is 49.6 Å². The van der Waals surface area contributed by atoms with E-state index in [4.69, 9.17) is 4.74 Å². The van der Waals surface area contributed by atoms with Gasteiger partial charge in [0.05, 0.1) is 11.5 Å². The Hall–Kier alpha value is -3.47. The number of carbonyl (C=O) groups excluding carboxylic acids is 1. The predicted molar refractivity (Wildman–Crippen MR) is 148 cm³/mol. The lowest BCUT2D eigenvalue weighted by Crippen LogP contribution is -2.47. The number of hydrogen-bond acceptors (Lipinski definition) is 9. The summed E-state index contributed by atoms with van der Waals surface area (Å²) >= 11 is 0.645. The minimum Gasteiger partial charge on any atom is -0.480 e. The minimum absolute atomic E-state index is 0.0180. The van der Waals surface area contributed by atoms with E-state index in [1.54, 1.807) is 17.0 Å². The molecule has 16 heteroatoms. The molecule has 3 aromatic rings. The van der Waals surface area contributed by atoms with Crippen LogP contribution in [0.1, 0.15) is 35.6 Å². The lowest BCUT2D eigenvalue weighted by atomic mass is 10.0. The molecular weight excluding hydrogens is 613 g/mol. The Labute approximate surface area is 249 Å².